The van der Waals surface area contributed by atoms with E-state index in [1.807, 2.05) is 29.6 Å². The van der Waals surface area contributed by atoms with Crippen molar-refractivity contribution in [3.05, 3.63) is 47.6 Å². The summed E-state index contributed by atoms with van der Waals surface area (Å²) in [4.78, 5) is 20.1. The van der Waals surface area contributed by atoms with Gasteiger partial charge < -0.3 is 14.3 Å². The fraction of sp³-hybridized carbons (Fsp3) is 0.389. The van der Waals surface area contributed by atoms with Crippen molar-refractivity contribution >= 4 is 17.2 Å². The predicted molar refractivity (Wildman–Crippen MR) is 96.2 cm³/mol. The molecule has 1 saturated heterocycles. The zero-order valence-corrected chi connectivity index (χ0v) is 15.1. The highest BCUT2D eigenvalue weighted by Crippen LogP contribution is 2.23. The quantitative estimate of drug-likeness (QED) is 0.716. The lowest BCUT2D eigenvalue weighted by atomic mass is 9.97. The molecule has 8 heteroatoms. The van der Waals surface area contributed by atoms with Crippen LogP contribution in [-0.2, 0) is 17.9 Å². The van der Waals surface area contributed by atoms with Gasteiger partial charge in [0.25, 0.3) is 0 Å². The standard InChI is InChI=1S/C18H20N4O3S/c23-18(19-10-14-5-2-8-24-14)13-4-1-7-22(11-13)12-16-20-17(21-25-16)15-6-3-9-26-15/h2-3,5-6,8-9,13H,1,4,7,10-12H2,(H,19,23). The maximum Gasteiger partial charge on any atom is 0.241 e. The van der Waals surface area contributed by atoms with Gasteiger partial charge in [-0.1, -0.05) is 11.2 Å². The molecule has 4 rings (SSSR count). The number of furan rings is 1. The van der Waals surface area contributed by atoms with Gasteiger partial charge in [0, 0.05) is 6.54 Å². The lowest BCUT2D eigenvalue weighted by Gasteiger charge is -2.30. The molecular weight excluding hydrogens is 352 g/mol. The van der Waals surface area contributed by atoms with Gasteiger partial charge in [0.05, 0.1) is 30.1 Å². The molecule has 1 amide bonds. The number of hydrogen-bond donors (Lipinski definition) is 1. The van der Waals surface area contributed by atoms with Crippen LogP contribution in [0.15, 0.2) is 44.8 Å². The minimum absolute atomic E-state index is 0.0293. The van der Waals surface area contributed by atoms with Crippen molar-refractivity contribution < 1.29 is 13.7 Å². The fourth-order valence-corrected chi connectivity index (χ4v) is 3.81. The van der Waals surface area contributed by atoms with Crippen LogP contribution < -0.4 is 5.32 Å². The molecule has 7 nitrogen and oxygen atoms in total. The smallest absolute Gasteiger partial charge is 0.241 e. The molecule has 136 valence electrons. The zero-order chi connectivity index (χ0) is 17.8. The second-order valence-corrected chi connectivity index (χ2v) is 7.31. The molecule has 0 saturated carbocycles. The highest BCUT2D eigenvalue weighted by Gasteiger charge is 2.27. The molecule has 1 aliphatic rings. The first kappa shape index (κ1) is 17.0. The van der Waals surface area contributed by atoms with Crippen LogP contribution in [0.1, 0.15) is 24.5 Å². The van der Waals surface area contributed by atoms with Crippen LogP contribution in [0.3, 0.4) is 0 Å². The van der Waals surface area contributed by atoms with Crippen LogP contribution >= 0.6 is 11.3 Å². The Bertz CT molecular complexity index is 829. The number of nitrogens with one attached hydrogen (secondary N) is 1. The topological polar surface area (TPSA) is 84.4 Å². The molecule has 1 fully saturated rings. The summed E-state index contributed by atoms with van der Waals surface area (Å²) in [5.41, 5.74) is 0. The summed E-state index contributed by atoms with van der Waals surface area (Å²) in [6.45, 7) is 2.62. The van der Waals surface area contributed by atoms with E-state index in [0.29, 0.717) is 31.3 Å². The van der Waals surface area contributed by atoms with Crippen LogP contribution in [-0.4, -0.2) is 34.0 Å². The summed E-state index contributed by atoms with van der Waals surface area (Å²) in [7, 11) is 0. The number of aromatic nitrogens is 2. The number of hydrogen-bond acceptors (Lipinski definition) is 7. The molecule has 1 unspecified atom stereocenters. The molecule has 0 radical (unpaired) electrons. The van der Waals surface area contributed by atoms with E-state index in [9.17, 15) is 4.79 Å². The Kier molecular flexibility index (Phi) is 5.12. The average molecular weight is 372 g/mol. The Labute approximate surface area is 155 Å². The van der Waals surface area contributed by atoms with Crippen molar-refractivity contribution in [2.24, 2.45) is 5.92 Å². The van der Waals surface area contributed by atoms with Gasteiger partial charge in [-0.2, -0.15) is 4.98 Å². The molecule has 0 aliphatic carbocycles. The summed E-state index contributed by atoms with van der Waals surface area (Å²) in [5.74, 6) is 2.01. The maximum atomic E-state index is 12.4. The number of carbonyl (C=O) groups excluding carboxylic acids is 1. The number of thiophene rings is 1. The highest BCUT2D eigenvalue weighted by molar-refractivity contribution is 7.13. The second-order valence-electron chi connectivity index (χ2n) is 6.36. The summed E-state index contributed by atoms with van der Waals surface area (Å²) in [6.07, 6.45) is 3.48. The van der Waals surface area contributed by atoms with Crippen molar-refractivity contribution in [1.29, 1.82) is 0 Å². The molecule has 3 aromatic rings. The third kappa shape index (κ3) is 4.03. The van der Waals surface area contributed by atoms with E-state index < -0.39 is 0 Å². The molecule has 1 N–H and O–H groups in total. The van der Waals surface area contributed by atoms with Crippen LogP contribution in [0, 0.1) is 5.92 Å². The van der Waals surface area contributed by atoms with Gasteiger partial charge in [0.1, 0.15) is 5.76 Å². The summed E-state index contributed by atoms with van der Waals surface area (Å²) < 4.78 is 10.6. The molecule has 3 aromatic heterocycles. The molecule has 1 atom stereocenters. The molecule has 26 heavy (non-hydrogen) atoms. The monoisotopic (exact) mass is 372 g/mol. The van der Waals surface area contributed by atoms with Crippen molar-refractivity contribution in [2.75, 3.05) is 13.1 Å². The van der Waals surface area contributed by atoms with Crippen LogP contribution in [0.25, 0.3) is 10.7 Å². The van der Waals surface area contributed by atoms with Crippen molar-refractivity contribution in [3.63, 3.8) is 0 Å². The lowest BCUT2D eigenvalue weighted by Crippen LogP contribution is -2.42. The number of carbonyl (C=O) groups is 1. The molecule has 0 spiro atoms. The first-order valence-electron chi connectivity index (χ1n) is 8.67. The Balaban J connectivity index is 1.31. The molecule has 0 aromatic carbocycles. The SMILES string of the molecule is O=C(NCc1ccco1)C1CCCN(Cc2nc(-c3cccs3)no2)C1. The number of likely N-dealkylation sites (tertiary alicyclic amines) is 1. The minimum atomic E-state index is -0.0293. The Hall–Kier alpha value is -2.45. The fourth-order valence-electron chi connectivity index (χ4n) is 3.16. The van der Waals surface area contributed by atoms with Gasteiger partial charge in [0.2, 0.25) is 17.6 Å². The van der Waals surface area contributed by atoms with Crippen LogP contribution in [0.2, 0.25) is 0 Å². The van der Waals surface area contributed by atoms with Gasteiger partial charge in [-0.25, -0.2) is 0 Å². The van der Waals surface area contributed by atoms with E-state index in [1.54, 1.807) is 17.6 Å². The van der Waals surface area contributed by atoms with Crippen LogP contribution in [0.4, 0.5) is 0 Å². The first-order chi connectivity index (χ1) is 12.8. The van der Waals surface area contributed by atoms with E-state index in [2.05, 4.69) is 20.4 Å². The van der Waals surface area contributed by atoms with Crippen LogP contribution in [0.5, 0.6) is 0 Å². The van der Waals surface area contributed by atoms with Gasteiger partial charge >= 0.3 is 0 Å². The summed E-state index contributed by atoms with van der Waals surface area (Å²) in [6, 6.07) is 7.61. The number of piperidine rings is 1. The molecule has 4 heterocycles. The molecule has 0 bridgehead atoms. The van der Waals surface area contributed by atoms with Crippen molar-refractivity contribution in [3.8, 4) is 10.7 Å². The van der Waals surface area contributed by atoms with E-state index in [4.69, 9.17) is 8.94 Å². The van der Waals surface area contributed by atoms with E-state index in [-0.39, 0.29) is 11.8 Å². The lowest BCUT2D eigenvalue weighted by molar-refractivity contribution is -0.127. The first-order valence-corrected chi connectivity index (χ1v) is 9.55. The van der Waals surface area contributed by atoms with Crippen molar-refractivity contribution in [1.82, 2.24) is 20.4 Å². The number of rotatable bonds is 6. The average Bonchev–Trinajstić information content (AvgIpc) is 3.41. The Morgan fingerprint density at radius 1 is 1.38 bits per heavy atom. The molecular formula is C18H20N4O3S. The minimum Gasteiger partial charge on any atom is -0.467 e. The van der Waals surface area contributed by atoms with Crippen molar-refractivity contribution in [2.45, 2.75) is 25.9 Å². The second kappa shape index (κ2) is 7.84. The number of nitrogens with zero attached hydrogens (tertiary/aromatic N) is 3. The maximum absolute atomic E-state index is 12.4. The van der Waals surface area contributed by atoms with E-state index >= 15 is 0 Å². The van der Waals surface area contributed by atoms with Gasteiger partial charge in [-0.3, -0.25) is 9.69 Å². The third-order valence-corrected chi connectivity index (χ3v) is 5.33. The van der Waals surface area contributed by atoms with Gasteiger partial charge in [-0.05, 0) is 43.0 Å². The van der Waals surface area contributed by atoms with Gasteiger partial charge in [0.15, 0.2) is 0 Å². The normalized spacial score (nSPS) is 18.1. The largest absolute Gasteiger partial charge is 0.467 e. The Morgan fingerprint density at radius 2 is 2.35 bits per heavy atom. The predicted octanol–water partition coefficient (Wildman–Crippen LogP) is 2.92. The summed E-state index contributed by atoms with van der Waals surface area (Å²) >= 11 is 1.58. The van der Waals surface area contributed by atoms with E-state index in [1.165, 1.54) is 0 Å². The number of amides is 1. The van der Waals surface area contributed by atoms with E-state index in [0.717, 1.165) is 30.0 Å². The van der Waals surface area contributed by atoms with Gasteiger partial charge in [-0.15, -0.1) is 11.3 Å². The summed E-state index contributed by atoms with van der Waals surface area (Å²) in [5, 5.41) is 8.98. The molecule has 1 aliphatic heterocycles. The Morgan fingerprint density at radius 3 is 3.15 bits per heavy atom. The highest BCUT2D eigenvalue weighted by atomic mass is 32.1. The third-order valence-electron chi connectivity index (χ3n) is 4.46. The zero-order valence-electron chi connectivity index (χ0n) is 14.3.